The highest BCUT2D eigenvalue weighted by atomic mass is 16.5. The van der Waals surface area contributed by atoms with Crippen LogP contribution in [0.4, 0.5) is 0 Å². The van der Waals surface area contributed by atoms with Crippen LogP contribution < -0.4 is 14.2 Å². The predicted octanol–water partition coefficient (Wildman–Crippen LogP) is 6.28. The van der Waals surface area contributed by atoms with Crippen LogP contribution in [0.5, 0.6) is 17.2 Å². The van der Waals surface area contributed by atoms with Crippen molar-refractivity contribution in [2.75, 3.05) is 6.61 Å². The van der Waals surface area contributed by atoms with Gasteiger partial charge in [-0.05, 0) is 89.1 Å². The minimum Gasteiger partial charge on any atom is -0.494 e. The molecule has 0 saturated carbocycles. The number of benzene rings is 2. The van der Waals surface area contributed by atoms with E-state index < -0.39 is 0 Å². The number of carbonyl (C=O) groups is 1. The number of hydrogen-bond acceptors (Lipinski definition) is 4. The normalized spacial score (nSPS) is 11.2. The molecule has 2 aromatic carbocycles. The Hall–Kier alpha value is -3.01. The first-order chi connectivity index (χ1) is 14.3. The zero-order chi connectivity index (χ0) is 22.1. The van der Waals surface area contributed by atoms with Crippen LogP contribution in [0, 0.1) is 0 Å². The SMILES string of the molecule is C=CCc1c(OC(C)C)cc(C=CC(=O)c2ccc(OCC)cc2)cc1OC(C)C. The second-order valence-electron chi connectivity index (χ2n) is 7.48. The van der Waals surface area contributed by atoms with E-state index in [0.29, 0.717) is 18.6 Å². The quantitative estimate of drug-likeness (QED) is 0.249. The van der Waals surface area contributed by atoms with E-state index in [4.69, 9.17) is 14.2 Å². The minimum atomic E-state index is -0.0779. The predicted molar refractivity (Wildman–Crippen MR) is 123 cm³/mol. The summed E-state index contributed by atoms with van der Waals surface area (Å²) in [5.74, 6) is 2.17. The first-order valence-electron chi connectivity index (χ1n) is 10.4. The van der Waals surface area contributed by atoms with Gasteiger partial charge in [0.2, 0.25) is 0 Å². The van der Waals surface area contributed by atoms with Gasteiger partial charge in [0.15, 0.2) is 5.78 Å². The summed E-state index contributed by atoms with van der Waals surface area (Å²) >= 11 is 0. The van der Waals surface area contributed by atoms with Crippen LogP contribution >= 0.6 is 0 Å². The fourth-order valence-corrected chi connectivity index (χ4v) is 2.95. The molecule has 0 saturated heterocycles. The Morgan fingerprint density at radius 2 is 1.57 bits per heavy atom. The summed E-state index contributed by atoms with van der Waals surface area (Å²) in [4.78, 5) is 12.6. The molecule has 4 heteroatoms. The highest BCUT2D eigenvalue weighted by molar-refractivity contribution is 6.06. The van der Waals surface area contributed by atoms with Crippen LogP contribution in [0.25, 0.3) is 6.08 Å². The van der Waals surface area contributed by atoms with Gasteiger partial charge in [-0.15, -0.1) is 6.58 Å². The Bertz CT molecular complexity index is 845. The van der Waals surface area contributed by atoms with E-state index in [-0.39, 0.29) is 18.0 Å². The summed E-state index contributed by atoms with van der Waals surface area (Å²) in [6.45, 7) is 14.3. The Labute approximate surface area is 180 Å². The van der Waals surface area contributed by atoms with Gasteiger partial charge < -0.3 is 14.2 Å². The first kappa shape index (κ1) is 23.3. The zero-order valence-corrected chi connectivity index (χ0v) is 18.6. The molecule has 0 unspecified atom stereocenters. The van der Waals surface area contributed by atoms with E-state index >= 15 is 0 Å². The molecule has 0 aliphatic heterocycles. The van der Waals surface area contributed by atoms with Gasteiger partial charge in [0, 0.05) is 11.1 Å². The summed E-state index contributed by atoms with van der Waals surface area (Å²) in [5, 5.41) is 0. The molecule has 2 rings (SSSR count). The number of hydrogen-bond donors (Lipinski definition) is 0. The van der Waals surface area contributed by atoms with E-state index in [1.165, 1.54) is 0 Å². The molecule has 0 spiro atoms. The summed E-state index contributed by atoms with van der Waals surface area (Å²) in [6.07, 6.45) is 5.86. The highest BCUT2D eigenvalue weighted by Gasteiger charge is 2.14. The van der Waals surface area contributed by atoms with E-state index in [0.717, 1.165) is 28.4 Å². The Balaban J connectivity index is 2.34. The molecule has 0 aliphatic rings. The number of ether oxygens (including phenoxy) is 3. The molecule has 4 nitrogen and oxygen atoms in total. The number of ketones is 1. The third-order valence-electron chi connectivity index (χ3n) is 4.14. The van der Waals surface area contributed by atoms with Gasteiger partial charge in [0.1, 0.15) is 17.2 Å². The van der Waals surface area contributed by atoms with Crippen LogP contribution in [0.15, 0.2) is 55.1 Å². The van der Waals surface area contributed by atoms with E-state index in [9.17, 15) is 4.79 Å². The summed E-state index contributed by atoms with van der Waals surface area (Å²) in [6, 6.07) is 11.0. The van der Waals surface area contributed by atoms with Crippen molar-refractivity contribution in [3.8, 4) is 17.2 Å². The number of allylic oxidation sites excluding steroid dienone is 2. The lowest BCUT2D eigenvalue weighted by Gasteiger charge is -2.20. The molecule has 0 N–H and O–H groups in total. The molecule has 0 radical (unpaired) electrons. The lowest BCUT2D eigenvalue weighted by molar-refractivity contribution is 0.104. The van der Waals surface area contributed by atoms with Crippen LogP contribution in [0.1, 0.15) is 56.1 Å². The van der Waals surface area contributed by atoms with E-state index in [1.807, 2.05) is 52.8 Å². The fraction of sp³-hybridized carbons (Fsp3) is 0.346. The number of rotatable bonds is 11. The maximum absolute atomic E-state index is 12.6. The summed E-state index contributed by atoms with van der Waals surface area (Å²) in [5.41, 5.74) is 2.41. The van der Waals surface area contributed by atoms with Crippen molar-refractivity contribution in [3.63, 3.8) is 0 Å². The lowest BCUT2D eigenvalue weighted by Crippen LogP contribution is -2.11. The molecule has 160 valence electrons. The van der Waals surface area contributed by atoms with E-state index in [1.54, 1.807) is 36.4 Å². The van der Waals surface area contributed by atoms with Crippen molar-refractivity contribution in [1.29, 1.82) is 0 Å². The van der Waals surface area contributed by atoms with Crippen molar-refractivity contribution in [3.05, 3.63) is 71.8 Å². The van der Waals surface area contributed by atoms with Gasteiger partial charge in [-0.3, -0.25) is 4.79 Å². The molecule has 0 atom stereocenters. The van der Waals surface area contributed by atoms with Crippen LogP contribution in [-0.4, -0.2) is 24.6 Å². The molecule has 0 fully saturated rings. The van der Waals surface area contributed by atoms with Gasteiger partial charge in [0.05, 0.1) is 18.8 Å². The standard InChI is InChI=1S/C26H32O4/c1-7-9-23-25(29-18(3)4)16-20(17-26(23)30-19(5)6)10-15-24(27)21-11-13-22(14-12-21)28-8-2/h7,10-19H,1,8-9H2,2-6H3. The molecular weight excluding hydrogens is 376 g/mol. The van der Waals surface area contributed by atoms with Crippen molar-refractivity contribution < 1.29 is 19.0 Å². The molecular formula is C26H32O4. The lowest BCUT2D eigenvalue weighted by atomic mass is 10.0. The van der Waals surface area contributed by atoms with Crippen molar-refractivity contribution in [2.45, 2.75) is 53.2 Å². The van der Waals surface area contributed by atoms with Gasteiger partial charge in [-0.2, -0.15) is 0 Å². The second kappa shape index (κ2) is 11.2. The van der Waals surface area contributed by atoms with Gasteiger partial charge in [-0.25, -0.2) is 0 Å². The summed E-state index contributed by atoms with van der Waals surface area (Å²) in [7, 11) is 0. The monoisotopic (exact) mass is 408 g/mol. The van der Waals surface area contributed by atoms with Gasteiger partial charge >= 0.3 is 0 Å². The number of carbonyl (C=O) groups excluding carboxylic acids is 1. The topological polar surface area (TPSA) is 44.8 Å². The van der Waals surface area contributed by atoms with Gasteiger partial charge in [0.25, 0.3) is 0 Å². The Morgan fingerprint density at radius 1 is 1.00 bits per heavy atom. The van der Waals surface area contributed by atoms with Crippen molar-refractivity contribution in [2.24, 2.45) is 0 Å². The first-order valence-corrected chi connectivity index (χ1v) is 10.4. The molecule has 0 aromatic heterocycles. The zero-order valence-electron chi connectivity index (χ0n) is 18.6. The van der Waals surface area contributed by atoms with Crippen molar-refractivity contribution in [1.82, 2.24) is 0 Å². The Kier molecular flexibility index (Phi) is 8.72. The van der Waals surface area contributed by atoms with Crippen LogP contribution in [0.3, 0.4) is 0 Å². The molecule has 0 heterocycles. The Morgan fingerprint density at radius 3 is 2.03 bits per heavy atom. The highest BCUT2D eigenvalue weighted by Crippen LogP contribution is 2.33. The molecule has 2 aromatic rings. The fourth-order valence-electron chi connectivity index (χ4n) is 2.95. The van der Waals surface area contributed by atoms with Crippen LogP contribution in [0.2, 0.25) is 0 Å². The third kappa shape index (κ3) is 6.80. The third-order valence-corrected chi connectivity index (χ3v) is 4.14. The maximum atomic E-state index is 12.6. The van der Waals surface area contributed by atoms with Crippen molar-refractivity contribution >= 4 is 11.9 Å². The molecule has 30 heavy (non-hydrogen) atoms. The molecule has 0 bridgehead atoms. The van der Waals surface area contributed by atoms with E-state index in [2.05, 4.69) is 6.58 Å². The molecule has 0 aliphatic carbocycles. The largest absolute Gasteiger partial charge is 0.494 e. The average molecular weight is 409 g/mol. The second-order valence-corrected chi connectivity index (χ2v) is 7.48. The van der Waals surface area contributed by atoms with Gasteiger partial charge in [-0.1, -0.05) is 12.2 Å². The maximum Gasteiger partial charge on any atom is 0.185 e. The molecule has 0 amide bonds. The van der Waals surface area contributed by atoms with Crippen LogP contribution in [-0.2, 0) is 6.42 Å². The summed E-state index contributed by atoms with van der Waals surface area (Å²) < 4.78 is 17.5. The smallest absolute Gasteiger partial charge is 0.185 e. The minimum absolute atomic E-state index is 0.0187. The average Bonchev–Trinajstić information content (AvgIpc) is 2.68.